The molecule has 2 heterocycles. The zero-order valence-corrected chi connectivity index (χ0v) is 25.0. The molecule has 1 aromatic heterocycles. The van der Waals surface area contributed by atoms with E-state index in [0.29, 0.717) is 32.1 Å². The van der Waals surface area contributed by atoms with Gasteiger partial charge in [0.05, 0.1) is 35.6 Å². The Bertz CT molecular complexity index is 2140. The monoisotopic (exact) mass is 600 g/mol. The molecule has 0 saturated heterocycles. The van der Waals surface area contributed by atoms with Gasteiger partial charge in [0.2, 0.25) is 0 Å². The molecule has 0 fully saturated rings. The van der Waals surface area contributed by atoms with Crippen LogP contribution in [0.2, 0.25) is 0 Å². The molecule has 0 unspecified atom stereocenters. The molecule has 0 amide bonds. The van der Waals surface area contributed by atoms with Crippen molar-refractivity contribution in [2.75, 3.05) is 20.3 Å². The molecule has 5 aromatic rings. The summed E-state index contributed by atoms with van der Waals surface area (Å²) in [7, 11) is 1.58. The van der Waals surface area contributed by atoms with E-state index in [1.807, 2.05) is 97.1 Å². The number of ether oxygens (including phenoxy) is 3. The van der Waals surface area contributed by atoms with Crippen molar-refractivity contribution in [2.45, 2.75) is 13.0 Å². The Hall–Kier alpha value is -5.39. The van der Waals surface area contributed by atoms with Gasteiger partial charge in [-0.2, -0.15) is 0 Å². The van der Waals surface area contributed by atoms with Gasteiger partial charge in [-0.25, -0.2) is 9.79 Å². The first kappa shape index (κ1) is 28.7. The molecule has 0 aliphatic carbocycles. The lowest BCUT2D eigenvalue weighted by Crippen LogP contribution is -2.40. The molecule has 6 rings (SSSR count). The zero-order valence-electron chi connectivity index (χ0n) is 24.2. The minimum absolute atomic E-state index is 0.0829. The second-order valence-electron chi connectivity index (χ2n) is 9.90. The highest BCUT2D eigenvalue weighted by Gasteiger charge is 2.35. The third kappa shape index (κ3) is 5.30. The largest absolute Gasteiger partial charge is 0.497 e. The summed E-state index contributed by atoms with van der Waals surface area (Å²) in [6, 6.07) is 27.7. The van der Waals surface area contributed by atoms with Gasteiger partial charge in [-0.3, -0.25) is 9.36 Å². The molecule has 1 atom stereocenters. The summed E-state index contributed by atoms with van der Waals surface area (Å²) in [6.45, 7) is 2.00. The van der Waals surface area contributed by atoms with Crippen molar-refractivity contribution in [3.05, 3.63) is 133 Å². The number of thiazole rings is 1. The fourth-order valence-electron chi connectivity index (χ4n) is 5.37. The lowest BCUT2D eigenvalue weighted by Gasteiger charge is -2.26. The smallest absolute Gasteiger partial charge is 0.338 e. The Labute approximate surface area is 258 Å². The minimum atomic E-state index is -0.817. The summed E-state index contributed by atoms with van der Waals surface area (Å²) in [5, 5.41) is 1.90. The second kappa shape index (κ2) is 12.5. The number of fused-ring (bicyclic) bond motifs is 2. The van der Waals surface area contributed by atoms with Crippen LogP contribution in [0.4, 0.5) is 0 Å². The van der Waals surface area contributed by atoms with Crippen LogP contribution in [0.25, 0.3) is 22.5 Å². The van der Waals surface area contributed by atoms with Gasteiger partial charge >= 0.3 is 5.97 Å². The lowest BCUT2D eigenvalue weighted by molar-refractivity contribution is -0.138. The van der Waals surface area contributed by atoms with Crippen LogP contribution in [-0.2, 0) is 9.53 Å². The molecule has 218 valence electrons. The van der Waals surface area contributed by atoms with Gasteiger partial charge in [-0.1, -0.05) is 90.1 Å². The summed E-state index contributed by atoms with van der Waals surface area (Å²) < 4.78 is 19.0. The molecule has 8 heteroatoms. The standard InChI is InChI=1S/C36H28N2O5S/c1-4-20-43-29-19-18-23-12-9-10-17-27(23)28(29)22-30-34(39)38-33(25-15-11-16-26(21-25)41-3)31(35(40)42-5-2)32(37-36(38)44-30)24-13-7-6-8-14-24/h1,6-19,21-22,33H,5,20H2,2-3H3/b30-22-/t33-/m0/s1. The van der Waals surface area contributed by atoms with E-state index in [2.05, 4.69) is 5.92 Å². The summed E-state index contributed by atoms with van der Waals surface area (Å²) in [5.74, 6) is 3.13. The number of hydrogen-bond acceptors (Lipinski definition) is 7. The molecule has 7 nitrogen and oxygen atoms in total. The van der Waals surface area contributed by atoms with Gasteiger partial charge in [-0.05, 0) is 47.5 Å². The van der Waals surface area contributed by atoms with E-state index >= 15 is 0 Å². The molecule has 4 aromatic carbocycles. The van der Waals surface area contributed by atoms with E-state index in [-0.39, 0.29) is 24.3 Å². The first-order chi connectivity index (χ1) is 21.5. The van der Waals surface area contributed by atoms with E-state index < -0.39 is 12.0 Å². The van der Waals surface area contributed by atoms with E-state index in [4.69, 9.17) is 25.6 Å². The maximum absolute atomic E-state index is 14.4. The summed E-state index contributed by atoms with van der Waals surface area (Å²) in [5.41, 5.74) is 2.58. The molecular weight excluding hydrogens is 572 g/mol. The highest BCUT2D eigenvalue weighted by molar-refractivity contribution is 7.07. The number of terminal acetylenes is 1. The van der Waals surface area contributed by atoms with Crippen LogP contribution < -0.4 is 24.4 Å². The third-order valence-electron chi connectivity index (χ3n) is 7.30. The number of aromatic nitrogens is 1. The SMILES string of the molecule is C#CCOc1ccc2ccccc2c1/C=c1\sc2n(c1=O)[C@@H](c1cccc(OC)c1)C(C(=O)OCC)=C(c1ccccc1)N=2. The quantitative estimate of drug-likeness (QED) is 0.183. The molecule has 0 saturated carbocycles. The molecular formula is C36H28N2O5S. The summed E-state index contributed by atoms with van der Waals surface area (Å²) >= 11 is 1.25. The zero-order chi connectivity index (χ0) is 30.6. The van der Waals surface area contributed by atoms with E-state index in [1.54, 1.807) is 18.6 Å². The molecule has 44 heavy (non-hydrogen) atoms. The molecule has 0 spiro atoms. The van der Waals surface area contributed by atoms with Crippen molar-refractivity contribution in [1.29, 1.82) is 0 Å². The van der Waals surface area contributed by atoms with Crippen LogP contribution in [0, 0.1) is 12.3 Å². The average molecular weight is 601 g/mol. The van der Waals surface area contributed by atoms with Gasteiger partial charge in [0.25, 0.3) is 5.56 Å². The van der Waals surface area contributed by atoms with Crippen LogP contribution in [0.1, 0.15) is 29.7 Å². The number of rotatable bonds is 8. The number of carbonyl (C=O) groups excluding carboxylic acids is 1. The first-order valence-corrected chi connectivity index (χ1v) is 14.9. The van der Waals surface area contributed by atoms with Crippen molar-refractivity contribution >= 4 is 39.9 Å². The Morgan fingerprint density at radius 2 is 1.84 bits per heavy atom. The molecule has 0 bridgehead atoms. The predicted octanol–water partition coefficient (Wildman–Crippen LogP) is 5.11. The fraction of sp³-hybridized carbons (Fsp3) is 0.139. The number of carbonyl (C=O) groups is 1. The maximum Gasteiger partial charge on any atom is 0.338 e. The van der Waals surface area contributed by atoms with E-state index in [0.717, 1.165) is 21.9 Å². The average Bonchev–Trinajstić information content (AvgIpc) is 3.38. The normalized spacial score (nSPS) is 14.5. The summed E-state index contributed by atoms with van der Waals surface area (Å²) in [4.78, 5) is 33.5. The third-order valence-corrected chi connectivity index (χ3v) is 8.28. The van der Waals surface area contributed by atoms with Gasteiger partial charge in [0.15, 0.2) is 4.80 Å². The van der Waals surface area contributed by atoms with Crippen LogP contribution in [0.5, 0.6) is 11.5 Å². The maximum atomic E-state index is 14.4. The van der Waals surface area contributed by atoms with Crippen molar-refractivity contribution in [1.82, 2.24) is 4.57 Å². The molecule has 0 N–H and O–H groups in total. The molecule has 1 aliphatic heterocycles. The number of nitrogens with zero attached hydrogens (tertiary/aromatic N) is 2. The van der Waals surface area contributed by atoms with Crippen LogP contribution >= 0.6 is 11.3 Å². The van der Waals surface area contributed by atoms with Crippen LogP contribution in [0.15, 0.2) is 106 Å². The Kier molecular flexibility index (Phi) is 8.13. The van der Waals surface area contributed by atoms with Gasteiger partial charge < -0.3 is 14.2 Å². The lowest BCUT2D eigenvalue weighted by atomic mass is 9.93. The number of esters is 1. The predicted molar refractivity (Wildman–Crippen MR) is 172 cm³/mol. The topological polar surface area (TPSA) is 79.1 Å². The summed E-state index contributed by atoms with van der Waals surface area (Å²) in [6.07, 6.45) is 7.31. The highest BCUT2D eigenvalue weighted by atomic mass is 32.1. The van der Waals surface area contributed by atoms with Crippen molar-refractivity contribution in [3.63, 3.8) is 0 Å². The van der Waals surface area contributed by atoms with Crippen molar-refractivity contribution < 1.29 is 19.0 Å². The van der Waals surface area contributed by atoms with Gasteiger partial charge in [-0.15, -0.1) is 6.42 Å². The second-order valence-corrected chi connectivity index (χ2v) is 10.9. The molecule has 1 aliphatic rings. The van der Waals surface area contributed by atoms with Crippen molar-refractivity contribution in [3.8, 4) is 23.8 Å². The number of hydrogen-bond donors (Lipinski definition) is 0. The minimum Gasteiger partial charge on any atom is -0.497 e. The van der Waals surface area contributed by atoms with E-state index in [9.17, 15) is 9.59 Å². The van der Waals surface area contributed by atoms with E-state index in [1.165, 1.54) is 11.3 Å². The molecule has 0 radical (unpaired) electrons. The Morgan fingerprint density at radius 3 is 2.61 bits per heavy atom. The van der Waals surface area contributed by atoms with Gasteiger partial charge in [0.1, 0.15) is 18.1 Å². The Balaban J connectivity index is 1.67. The fourth-order valence-corrected chi connectivity index (χ4v) is 6.35. The number of benzene rings is 4. The highest BCUT2D eigenvalue weighted by Crippen LogP contribution is 2.36. The van der Waals surface area contributed by atoms with Gasteiger partial charge in [0, 0.05) is 11.1 Å². The number of methoxy groups -OCH3 is 1. The van der Waals surface area contributed by atoms with Crippen LogP contribution in [0.3, 0.4) is 0 Å². The Morgan fingerprint density at radius 1 is 1.05 bits per heavy atom. The van der Waals surface area contributed by atoms with Crippen molar-refractivity contribution in [2.24, 2.45) is 4.99 Å². The first-order valence-electron chi connectivity index (χ1n) is 14.0. The van der Waals surface area contributed by atoms with Crippen LogP contribution in [-0.4, -0.2) is 30.9 Å².